The van der Waals surface area contributed by atoms with Crippen LogP contribution in [0.3, 0.4) is 0 Å². The number of rotatable bonds is 20. The number of H-pyrrole nitrogens is 2. The second-order valence-corrected chi connectivity index (χ2v) is 19.7. The Bertz CT molecular complexity index is 3850. The third-order valence-corrected chi connectivity index (χ3v) is 13.9. The van der Waals surface area contributed by atoms with E-state index in [4.69, 9.17) is 18.9 Å². The van der Waals surface area contributed by atoms with Crippen molar-refractivity contribution in [2.45, 2.75) is 50.0 Å². The average molecular weight is 1290 g/mol. The van der Waals surface area contributed by atoms with Gasteiger partial charge in [-0.15, -0.1) is 0 Å². The maximum Gasteiger partial charge on any atom is 0.204 e. The molecule has 4 aromatic carbocycles. The highest BCUT2D eigenvalue weighted by Crippen LogP contribution is 2.50. The van der Waals surface area contributed by atoms with Gasteiger partial charge in [0.15, 0.2) is 69.5 Å². The van der Waals surface area contributed by atoms with Crippen molar-refractivity contribution >= 4 is 34.2 Å². The highest BCUT2D eigenvalue weighted by Gasteiger charge is 2.41. The standard InChI is InChI=1S/C57H42F16N4O13/c1-2-16(81)12-87-54-46(70)38(62)32(39(63)47(54)71)28-24-7-5-22(75-24)26(30-34(58)42(66)55(43(67)35(30)59)88-13-17(82)9-78)20-3-4-21(74-20)27(31-36(60)44(68)56(45(69)37(31)61)89-14-18(83)10-79)23-6-8-25(76-23)29(51-53(86)52(85)50(28)77-51)33-40(64)48(72)57(49(73)41(33)65)90-15-19(84)11-80/h3-8,16-19,52-53,75-76,78-86H,2,9-15H2,1H3/t16?,17?,18?,19?,52-,53+/m0/s1. The van der Waals surface area contributed by atoms with E-state index in [1.54, 1.807) is 0 Å². The maximum atomic E-state index is 16.9. The van der Waals surface area contributed by atoms with Crippen molar-refractivity contribution in [1.29, 1.82) is 0 Å². The molecule has 0 spiro atoms. The average Bonchev–Trinajstić information content (AvgIpc) is 1.60. The summed E-state index contributed by atoms with van der Waals surface area (Å²) in [6, 6.07) is 2.30. The zero-order chi connectivity index (χ0) is 65.8. The molecule has 9 rings (SSSR count). The van der Waals surface area contributed by atoms with Crippen LogP contribution in [-0.4, -0.2) is 137 Å². The van der Waals surface area contributed by atoms with Gasteiger partial charge in [-0.2, -0.15) is 35.1 Å². The minimum Gasteiger partial charge on any atom is -0.485 e. The number of hydrogen-bond donors (Lipinski definition) is 11. The Balaban J connectivity index is 1.54. The quantitative estimate of drug-likeness (QED) is 0.0252. The van der Waals surface area contributed by atoms with E-state index in [9.17, 15) is 46.0 Å². The minimum atomic E-state index is -2.99. The van der Waals surface area contributed by atoms with Gasteiger partial charge < -0.3 is 74.9 Å². The molecule has 0 fully saturated rings. The maximum absolute atomic E-state index is 16.9. The number of aromatic amines is 2. The molecular weight excluding hydrogens is 1250 g/mol. The SMILES string of the molecule is CCC(O)COc1c(F)c(F)c(-c2c3nc(c(-c4c(F)c(F)c(OCC(O)CO)c(F)c4F)c4ccc([nH]4)c(-c4c(F)c(F)c(OCC(O)CO)c(F)c4F)c4nc(c(-c5c(F)c(F)c(OCC(O)CO)c(F)c5F)c5ccc2[nH]5)C=C4)[C@@H](O)[C@H]3O)c(F)c1F. The Hall–Kier alpha value is -8.54. The highest BCUT2D eigenvalue weighted by atomic mass is 19.2. The fraction of sp³-hybridized carbons (Fsp3) is 0.263. The Morgan fingerprint density at radius 2 is 0.589 bits per heavy atom. The molecule has 0 amide bonds. The first kappa shape index (κ1) is 65.9. The molecule has 2 aliphatic rings. The van der Waals surface area contributed by atoms with Crippen molar-refractivity contribution in [2.24, 2.45) is 0 Å². The van der Waals surface area contributed by atoms with E-state index in [2.05, 4.69) is 19.9 Å². The van der Waals surface area contributed by atoms with E-state index < -0.39 is 288 Å². The molecule has 0 saturated heterocycles. The van der Waals surface area contributed by atoms with Crippen molar-refractivity contribution < 1.29 is 135 Å². The zero-order valence-electron chi connectivity index (χ0n) is 45.2. The number of ether oxygens (including phenoxy) is 4. The lowest BCUT2D eigenvalue weighted by molar-refractivity contribution is 0.0259. The second kappa shape index (κ2) is 26.1. The monoisotopic (exact) mass is 1290 g/mol. The van der Waals surface area contributed by atoms with Crippen molar-refractivity contribution in [3.8, 4) is 67.5 Å². The smallest absolute Gasteiger partial charge is 0.204 e. The van der Waals surface area contributed by atoms with Gasteiger partial charge in [0.1, 0.15) is 56.9 Å². The number of aliphatic hydroxyl groups excluding tert-OH is 9. The normalized spacial score (nSPS) is 15.4. The van der Waals surface area contributed by atoms with E-state index in [0.29, 0.717) is 36.4 Å². The molecular formula is C57H42F16N4O13. The Labute approximate surface area is 492 Å². The van der Waals surface area contributed by atoms with Gasteiger partial charge in [0.05, 0.1) is 71.0 Å². The van der Waals surface area contributed by atoms with Crippen LogP contribution in [-0.2, 0) is 0 Å². The lowest BCUT2D eigenvalue weighted by Crippen LogP contribution is -2.22. The predicted octanol–water partition coefficient (Wildman–Crippen LogP) is 8.49. The van der Waals surface area contributed by atoms with Crippen molar-refractivity contribution in [3.63, 3.8) is 0 Å². The Morgan fingerprint density at radius 3 is 0.833 bits per heavy atom. The van der Waals surface area contributed by atoms with Gasteiger partial charge in [-0.25, -0.2) is 40.1 Å². The number of aromatic nitrogens is 4. The molecule has 8 bridgehead atoms. The van der Waals surface area contributed by atoms with Crippen LogP contribution in [0, 0.1) is 93.1 Å². The van der Waals surface area contributed by atoms with E-state index in [1.165, 1.54) is 6.92 Å². The first-order valence-electron chi connectivity index (χ1n) is 26.0. The van der Waals surface area contributed by atoms with Gasteiger partial charge in [-0.1, -0.05) is 6.92 Å². The van der Waals surface area contributed by atoms with Crippen LogP contribution in [0.2, 0.25) is 0 Å². The largest absolute Gasteiger partial charge is 0.485 e. The highest BCUT2D eigenvalue weighted by molar-refractivity contribution is 5.98. The Morgan fingerprint density at radius 1 is 0.356 bits per heavy atom. The van der Waals surface area contributed by atoms with Gasteiger partial charge in [0.25, 0.3) is 0 Å². The molecule has 7 aromatic rings. The summed E-state index contributed by atoms with van der Waals surface area (Å²) in [5.74, 6) is -46.9. The van der Waals surface area contributed by atoms with Crippen LogP contribution in [0.4, 0.5) is 70.2 Å². The second-order valence-electron chi connectivity index (χ2n) is 19.7. The van der Waals surface area contributed by atoms with Crippen LogP contribution in [0.15, 0.2) is 24.3 Å². The molecule has 0 saturated carbocycles. The summed E-state index contributed by atoms with van der Waals surface area (Å²) in [6.45, 7) is -6.75. The molecule has 0 aliphatic carbocycles. The molecule has 3 aromatic heterocycles. The fourth-order valence-corrected chi connectivity index (χ4v) is 9.41. The predicted molar refractivity (Wildman–Crippen MR) is 278 cm³/mol. The lowest BCUT2D eigenvalue weighted by Gasteiger charge is -2.17. The molecule has 4 unspecified atom stereocenters. The van der Waals surface area contributed by atoms with E-state index in [1.807, 2.05) is 0 Å². The molecule has 17 nitrogen and oxygen atoms in total. The molecule has 33 heteroatoms. The number of nitrogens with zero attached hydrogens (tertiary/aromatic N) is 2. The van der Waals surface area contributed by atoms with E-state index in [0.717, 1.165) is 0 Å². The summed E-state index contributed by atoms with van der Waals surface area (Å²) in [6.07, 6.45) is -12.2. The van der Waals surface area contributed by atoms with E-state index >= 15 is 70.2 Å². The number of aliphatic hydroxyl groups is 9. The summed E-state index contributed by atoms with van der Waals surface area (Å²) >= 11 is 0. The lowest BCUT2D eigenvalue weighted by atomic mass is 9.96. The van der Waals surface area contributed by atoms with Crippen molar-refractivity contribution in [2.75, 3.05) is 46.2 Å². The molecule has 0 radical (unpaired) electrons. The molecule has 90 heavy (non-hydrogen) atoms. The first-order chi connectivity index (χ1) is 42.6. The van der Waals surface area contributed by atoms with Gasteiger partial charge in [-0.05, 0) is 42.8 Å². The number of hydrogen-bond acceptors (Lipinski definition) is 15. The zero-order valence-corrected chi connectivity index (χ0v) is 45.2. The van der Waals surface area contributed by atoms with Gasteiger partial charge >= 0.3 is 0 Å². The molecule has 11 N–H and O–H groups in total. The van der Waals surface area contributed by atoms with Gasteiger partial charge in [0, 0.05) is 44.3 Å². The number of halogens is 16. The number of fused-ring (bicyclic) bond motifs is 8. The number of nitrogens with one attached hydrogen (secondary N) is 2. The summed E-state index contributed by atoms with van der Waals surface area (Å²) in [5, 5.41) is 91.1. The molecule has 5 heterocycles. The fourth-order valence-electron chi connectivity index (χ4n) is 9.41. The first-order valence-corrected chi connectivity index (χ1v) is 26.0. The third-order valence-electron chi connectivity index (χ3n) is 13.9. The van der Waals surface area contributed by atoms with Gasteiger partial charge in [-0.3, -0.25) is 4.98 Å². The summed E-state index contributed by atoms with van der Waals surface area (Å²) in [4.78, 5) is 12.6. The van der Waals surface area contributed by atoms with Crippen LogP contribution < -0.4 is 18.9 Å². The summed E-state index contributed by atoms with van der Waals surface area (Å²) < 4.78 is 284. The van der Waals surface area contributed by atoms with Crippen molar-refractivity contribution in [1.82, 2.24) is 19.9 Å². The molecule has 480 valence electrons. The minimum absolute atomic E-state index is 0.151. The van der Waals surface area contributed by atoms with Crippen LogP contribution in [0.25, 0.3) is 78.7 Å². The Kier molecular flexibility index (Phi) is 19.1. The number of benzene rings is 4. The summed E-state index contributed by atoms with van der Waals surface area (Å²) in [5.41, 5.74) is -22.8. The van der Waals surface area contributed by atoms with Gasteiger partial charge in [0.2, 0.25) is 46.5 Å². The summed E-state index contributed by atoms with van der Waals surface area (Å²) in [7, 11) is 0. The van der Waals surface area contributed by atoms with Crippen LogP contribution in [0.5, 0.6) is 23.0 Å². The van der Waals surface area contributed by atoms with Crippen LogP contribution in [0.1, 0.15) is 48.3 Å². The van der Waals surface area contributed by atoms with E-state index in [-0.39, 0.29) is 6.42 Å². The topological polar surface area (TPSA) is 276 Å². The van der Waals surface area contributed by atoms with Crippen LogP contribution >= 0.6 is 0 Å². The third kappa shape index (κ3) is 11.5. The molecule has 2 aliphatic heterocycles. The molecule has 6 atom stereocenters. The van der Waals surface area contributed by atoms with Crippen molar-refractivity contribution in [3.05, 3.63) is 140 Å².